The van der Waals surface area contributed by atoms with Crippen LogP contribution in [0.2, 0.25) is 5.02 Å². The first-order valence-electron chi connectivity index (χ1n) is 4.56. The van der Waals surface area contributed by atoms with Crippen molar-refractivity contribution < 1.29 is 0 Å². The van der Waals surface area contributed by atoms with E-state index in [-0.39, 0.29) is 0 Å². The Bertz CT molecular complexity index is 482. The summed E-state index contributed by atoms with van der Waals surface area (Å²) < 4.78 is 0.985. The third-order valence-electron chi connectivity index (χ3n) is 2.22. The van der Waals surface area contributed by atoms with E-state index in [2.05, 4.69) is 27.6 Å². The number of pyridine rings is 1. The molecule has 0 saturated heterocycles. The Balaban J connectivity index is 2.68. The van der Waals surface area contributed by atoms with Crippen molar-refractivity contribution in [1.82, 2.24) is 4.98 Å². The Kier molecular flexibility index (Phi) is 3.26. The van der Waals surface area contributed by atoms with Gasteiger partial charge in [-0.15, -0.1) is 0 Å². The van der Waals surface area contributed by atoms with Crippen LogP contribution in [0.4, 0.5) is 0 Å². The van der Waals surface area contributed by atoms with E-state index in [0.717, 1.165) is 25.4 Å². The van der Waals surface area contributed by atoms with Gasteiger partial charge in [0.05, 0.1) is 8.59 Å². The van der Waals surface area contributed by atoms with E-state index in [9.17, 15) is 0 Å². The van der Waals surface area contributed by atoms with E-state index in [1.807, 2.05) is 37.3 Å². The third kappa shape index (κ3) is 2.16. The van der Waals surface area contributed by atoms with Gasteiger partial charge in [-0.25, -0.2) is 0 Å². The largest absolute Gasteiger partial charge is 0.260 e. The van der Waals surface area contributed by atoms with Gasteiger partial charge in [0.2, 0.25) is 0 Å². The monoisotopic (exact) mass is 329 g/mol. The zero-order valence-electron chi connectivity index (χ0n) is 8.17. The minimum atomic E-state index is 0.786. The lowest BCUT2D eigenvalue weighted by atomic mass is 10.0. The molecule has 0 bridgehead atoms. The summed E-state index contributed by atoms with van der Waals surface area (Å²) in [7, 11) is 0. The summed E-state index contributed by atoms with van der Waals surface area (Å²) >= 11 is 8.48. The van der Waals surface area contributed by atoms with Crippen molar-refractivity contribution in [2.75, 3.05) is 0 Å². The number of aromatic nitrogens is 1. The molecule has 0 N–H and O–H groups in total. The molecule has 0 saturated carbocycles. The summed E-state index contributed by atoms with van der Waals surface area (Å²) in [4.78, 5) is 4.32. The minimum Gasteiger partial charge on any atom is -0.260 e. The molecule has 1 nitrogen and oxygen atoms in total. The Labute approximate surface area is 108 Å². The van der Waals surface area contributed by atoms with Crippen LogP contribution in [0.15, 0.2) is 36.5 Å². The van der Waals surface area contributed by atoms with Crippen LogP contribution in [0.5, 0.6) is 0 Å². The number of aryl methyl sites for hydroxylation is 1. The van der Waals surface area contributed by atoms with E-state index in [1.54, 1.807) is 6.20 Å². The molecule has 2 aromatic rings. The molecular weight excluding hydrogens is 320 g/mol. The Morgan fingerprint density at radius 2 is 1.87 bits per heavy atom. The second-order valence-electron chi connectivity index (χ2n) is 3.25. The topological polar surface area (TPSA) is 12.9 Å². The Morgan fingerprint density at radius 3 is 2.53 bits per heavy atom. The van der Waals surface area contributed by atoms with E-state index >= 15 is 0 Å². The number of rotatable bonds is 1. The fourth-order valence-electron chi connectivity index (χ4n) is 1.49. The molecule has 0 radical (unpaired) electrons. The fourth-order valence-corrected chi connectivity index (χ4v) is 2.20. The van der Waals surface area contributed by atoms with Gasteiger partial charge in [-0.3, -0.25) is 4.98 Å². The average Bonchev–Trinajstić information content (AvgIpc) is 2.26. The van der Waals surface area contributed by atoms with Crippen LogP contribution in [0, 0.1) is 10.5 Å². The number of nitrogens with zero attached hydrogens (tertiary/aromatic N) is 1. The van der Waals surface area contributed by atoms with Gasteiger partial charge in [0.15, 0.2) is 0 Å². The normalized spacial score (nSPS) is 10.3. The van der Waals surface area contributed by atoms with Crippen molar-refractivity contribution in [2.45, 2.75) is 6.92 Å². The molecule has 15 heavy (non-hydrogen) atoms. The smallest absolute Gasteiger partial charge is 0.0651 e. The van der Waals surface area contributed by atoms with Gasteiger partial charge in [-0.1, -0.05) is 41.9 Å². The molecule has 1 heterocycles. The highest BCUT2D eigenvalue weighted by atomic mass is 127. The second-order valence-corrected chi connectivity index (χ2v) is 4.79. The molecule has 1 aromatic heterocycles. The van der Waals surface area contributed by atoms with Crippen molar-refractivity contribution in [3.05, 3.63) is 50.8 Å². The second kappa shape index (κ2) is 4.49. The van der Waals surface area contributed by atoms with Gasteiger partial charge < -0.3 is 0 Å². The molecule has 76 valence electrons. The quantitative estimate of drug-likeness (QED) is 0.710. The van der Waals surface area contributed by atoms with Gasteiger partial charge in [0.25, 0.3) is 0 Å². The van der Waals surface area contributed by atoms with Gasteiger partial charge >= 0.3 is 0 Å². The summed E-state index contributed by atoms with van der Waals surface area (Å²) in [6.45, 7) is 1.98. The first kappa shape index (κ1) is 10.9. The van der Waals surface area contributed by atoms with Crippen molar-refractivity contribution >= 4 is 34.2 Å². The maximum Gasteiger partial charge on any atom is 0.0651 e. The van der Waals surface area contributed by atoms with Crippen LogP contribution >= 0.6 is 34.2 Å². The lowest BCUT2D eigenvalue weighted by Crippen LogP contribution is -1.91. The van der Waals surface area contributed by atoms with Crippen LogP contribution in [-0.4, -0.2) is 4.98 Å². The maximum absolute atomic E-state index is 6.29. The van der Waals surface area contributed by atoms with E-state index in [4.69, 9.17) is 11.6 Å². The first-order valence-corrected chi connectivity index (χ1v) is 6.02. The van der Waals surface area contributed by atoms with Crippen LogP contribution in [0.1, 0.15) is 5.69 Å². The van der Waals surface area contributed by atoms with E-state index < -0.39 is 0 Å². The summed E-state index contributed by atoms with van der Waals surface area (Å²) in [6.07, 6.45) is 1.80. The van der Waals surface area contributed by atoms with E-state index in [1.165, 1.54) is 0 Å². The Morgan fingerprint density at radius 1 is 1.20 bits per heavy atom. The lowest BCUT2D eigenvalue weighted by Gasteiger charge is -2.08. The Hall–Kier alpha value is -0.610. The van der Waals surface area contributed by atoms with Crippen LogP contribution in [0.3, 0.4) is 0 Å². The molecule has 1 aromatic carbocycles. The zero-order valence-corrected chi connectivity index (χ0v) is 11.1. The van der Waals surface area contributed by atoms with Crippen molar-refractivity contribution in [3.63, 3.8) is 0 Å². The van der Waals surface area contributed by atoms with Crippen LogP contribution in [0.25, 0.3) is 11.1 Å². The number of hydrogen-bond acceptors (Lipinski definition) is 1. The number of halogens is 2. The molecule has 0 spiro atoms. The SMILES string of the molecule is Cc1ncc(I)c(Cl)c1-c1ccccc1. The summed E-state index contributed by atoms with van der Waals surface area (Å²) in [6, 6.07) is 10.1. The van der Waals surface area contributed by atoms with Crippen LogP contribution in [-0.2, 0) is 0 Å². The van der Waals surface area contributed by atoms with E-state index in [0.29, 0.717) is 0 Å². The predicted molar refractivity (Wildman–Crippen MR) is 72.1 cm³/mol. The molecule has 0 aliphatic heterocycles. The molecule has 0 atom stereocenters. The highest BCUT2D eigenvalue weighted by Gasteiger charge is 2.10. The van der Waals surface area contributed by atoms with Gasteiger partial charge in [0.1, 0.15) is 0 Å². The molecule has 0 aliphatic rings. The highest BCUT2D eigenvalue weighted by Crippen LogP contribution is 2.32. The molecule has 0 amide bonds. The molecule has 0 fully saturated rings. The minimum absolute atomic E-state index is 0.786. The summed E-state index contributed by atoms with van der Waals surface area (Å²) in [5.74, 6) is 0. The zero-order chi connectivity index (χ0) is 10.8. The van der Waals surface area contributed by atoms with Gasteiger partial charge in [0, 0.05) is 17.5 Å². The standard InChI is InChI=1S/C12H9ClIN/c1-8-11(9-5-3-2-4-6-9)12(13)10(14)7-15-8/h2-7H,1H3. The average molecular weight is 330 g/mol. The summed E-state index contributed by atoms with van der Waals surface area (Å²) in [5, 5.41) is 0.786. The molecule has 3 heteroatoms. The summed E-state index contributed by atoms with van der Waals surface area (Å²) in [5.41, 5.74) is 3.11. The number of benzene rings is 1. The molecule has 0 aliphatic carbocycles. The lowest BCUT2D eigenvalue weighted by molar-refractivity contribution is 1.19. The van der Waals surface area contributed by atoms with Crippen molar-refractivity contribution in [3.8, 4) is 11.1 Å². The molecular formula is C12H9ClIN. The van der Waals surface area contributed by atoms with Gasteiger partial charge in [-0.05, 0) is 35.1 Å². The van der Waals surface area contributed by atoms with Gasteiger partial charge in [-0.2, -0.15) is 0 Å². The fraction of sp³-hybridized carbons (Fsp3) is 0.0833. The highest BCUT2D eigenvalue weighted by molar-refractivity contribution is 14.1. The first-order chi connectivity index (χ1) is 7.20. The van der Waals surface area contributed by atoms with Crippen molar-refractivity contribution in [2.24, 2.45) is 0 Å². The van der Waals surface area contributed by atoms with Crippen molar-refractivity contribution in [1.29, 1.82) is 0 Å². The molecule has 2 rings (SSSR count). The third-order valence-corrected chi connectivity index (χ3v) is 3.75. The van der Waals surface area contributed by atoms with Crippen LogP contribution < -0.4 is 0 Å². The maximum atomic E-state index is 6.29. The molecule has 0 unspecified atom stereocenters. The predicted octanol–water partition coefficient (Wildman–Crippen LogP) is 4.32. The number of hydrogen-bond donors (Lipinski definition) is 0.